The van der Waals surface area contributed by atoms with Crippen molar-refractivity contribution < 1.29 is 42.7 Å². The van der Waals surface area contributed by atoms with Gasteiger partial charge < -0.3 is 30.5 Å². The summed E-state index contributed by atoms with van der Waals surface area (Å²) < 4.78 is 37.7. The number of aliphatic hydroxyl groups is 2. The molecule has 1 fully saturated rings. The highest BCUT2D eigenvalue weighted by molar-refractivity contribution is 7.62. The van der Waals surface area contributed by atoms with E-state index in [1.807, 2.05) is 0 Å². The average molecular weight is 456 g/mol. The Balaban J connectivity index is 1.85. The molecule has 0 radical (unpaired) electrons. The highest BCUT2D eigenvalue weighted by Crippen LogP contribution is 2.55. The Hall–Kier alpha value is -1.71. The van der Waals surface area contributed by atoms with Crippen LogP contribution in [0.5, 0.6) is 0 Å². The van der Waals surface area contributed by atoms with Crippen molar-refractivity contribution in [2.75, 3.05) is 12.3 Å². The van der Waals surface area contributed by atoms with Gasteiger partial charge in [0.2, 0.25) is 5.95 Å². The standard InChI is InChI=1S/C11H18N6O10P2/c1-11(20)6(18)4(2-25-28(13,21)27-29(22,23)24)26-9(11)17-3-14-5-7(17)15-10(12)16-8(5)19/h3-4,6,9,18,20H,2H2,1H3,(H2,13,21)(H2,22,23,24)(H3,12,15,16,19)/t4-,6-,9-,11-,28?/m0/s1. The molecule has 9 N–H and O–H groups in total. The first-order valence-electron chi connectivity index (χ1n) is 7.79. The number of ether oxygens (including phenoxy) is 1. The number of nitrogens with one attached hydrogen (secondary N) is 1. The Morgan fingerprint density at radius 3 is 2.72 bits per heavy atom. The Bertz CT molecular complexity index is 1080. The lowest BCUT2D eigenvalue weighted by Crippen LogP contribution is -2.44. The molecule has 1 saturated heterocycles. The van der Waals surface area contributed by atoms with Crippen molar-refractivity contribution in [3.8, 4) is 0 Å². The quantitative estimate of drug-likeness (QED) is 0.230. The largest absolute Gasteiger partial charge is 0.477 e. The molecule has 29 heavy (non-hydrogen) atoms. The van der Waals surface area contributed by atoms with Crippen LogP contribution in [-0.4, -0.2) is 63.9 Å². The first-order chi connectivity index (χ1) is 13.2. The van der Waals surface area contributed by atoms with Gasteiger partial charge in [-0.3, -0.25) is 18.9 Å². The van der Waals surface area contributed by atoms with E-state index in [1.165, 1.54) is 6.92 Å². The number of H-pyrrole nitrogens is 1. The van der Waals surface area contributed by atoms with Gasteiger partial charge in [-0.2, -0.15) is 9.29 Å². The molecule has 5 atom stereocenters. The zero-order valence-electron chi connectivity index (χ0n) is 14.6. The molecule has 0 saturated carbocycles. The van der Waals surface area contributed by atoms with Gasteiger partial charge >= 0.3 is 15.6 Å². The van der Waals surface area contributed by atoms with Gasteiger partial charge in [0.05, 0.1) is 12.9 Å². The summed E-state index contributed by atoms with van der Waals surface area (Å²) in [6.45, 7) is 0.448. The van der Waals surface area contributed by atoms with Gasteiger partial charge in [-0.05, 0) is 6.92 Å². The summed E-state index contributed by atoms with van der Waals surface area (Å²) >= 11 is 0. The van der Waals surface area contributed by atoms with Crippen LogP contribution in [0.4, 0.5) is 5.95 Å². The molecule has 1 unspecified atom stereocenters. The van der Waals surface area contributed by atoms with Gasteiger partial charge in [-0.25, -0.2) is 19.6 Å². The Kier molecular flexibility index (Phi) is 5.47. The Morgan fingerprint density at radius 2 is 2.10 bits per heavy atom. The maximum Gasteiger partial charge on any atom is 0.477 e. The molecule has 3 rings (SSSR count). The Morgan fingerprint density at radius 1 is 1.45 bits per heavy atom. The summed E-state index contributed by atoms with van der Waals surface area (Å²) in [7, 11) is -9.90. The number of hydrogen-bond donors (Lipinski definition) is 7. The van der Waals surface area contributed by atoms with Crippen molar-refractivity contribution in [2.24, 2.45) is 5.50 Å². The zero-order chi connectivity index (χ0) is 21.8. The molecule has 162 valence electrons. The van der Waals surface area contributed by atoms with Gasteiger partial charge in [0.15, 0.2) is 17.4 Å². The number of aliphatic hydroxyl groups excluding tert-OH is 1. The van der Waals surface area contributed by atoms with Gasteiger partial charge in [-0.15, -0.1) is 0 Å². The number of aromatic nitrogens is 4. The smallest absolute Gasteiger partial charge is 0.387 e. The second kappa shape index (κ2) is 7.21. The number of phosphoric acid groups is 1. The molecule has 3 heterocycles. The van der Waals surface area contributed by atoms with E-state index in [0.29, 0.717) is 0 Å². The van der Waals surface area contributed by atoms with E-state index in [-0.39, 0.29) is 17.1 Å². The van der Waals surface area contributed by atoms with E-state index in [9.17, 15) is 24.1 Å². The predicted octanol–water partition coefficient (Wildman–Crippen LogP) is -2.10. The lowest BCUT2D eigenvalue weighted by atomic mass is 9.96. The lowest BCUT2D eigenvalue weighted by molar-refractivity contribution is -0.0948. The van der Waals surface area contributed by atoms with Crippen LogP contribution in [0.1, 0.15) is 13.2 Å². The molecular weight excluding hydrogens is 438 g/mol. The fourth-order valence-electron chi connectivity index (χ4n) is 2.84. The summed E-state index contributed by atoms with van der Waals surface area (Å²) in [4.78, 5) is 39.3. The first-order valence-corrected chi connectivity index (χ1v) is 10.9. The van der Waals surface area contributed by atoms with Crippen molar-refractivity contribution in [1.82, 2.24) is 19.5 Å². The van der Waals surface area contributed by atoms with Crippen molar-refractivity contribution >= 4 is 32.7 Å². The van der Waals surface area contributed by atoms with E-state index in [2.05, 4.69) is 23.8 Å². The number of rotatable bonds is 6. The van der Waals surface area contributed by atoms with Crippen LogP contribution < -0.4 is 16.8 Å². The van der Waals surface area contributed by atoms with E-state index < -0.39 is 51.8 Å². The maximum absolute atomic E-state index is 11.9. The summed E-state index contributed by atoms with van der Waals surface area (Å²) in [5.74, 6) is -0.221. The SMILES string of the molecule is C[C@@]1(O)[C@@H](n2cnc3c(=O)[nH]c(N)nc32)O[C@@H](COP(N)(=O)OP(=O)(O)O)[C@@H]1O. The van der Waals surface area contributed by atoms with Gasteiger partial charge in [0.25, 0.3) is 5.56 Å². The summed E-state index contributed by atoms with van der Waals surface area (Å²) in [5, 5.41) is 21.1. The number of aromatic amines is 1. The molecule has 0 aliphatic carbocycles. The predicted molar refractivity (Wildman–Crippen MR) is 94.0 cm³/mol. The fraction of sp³-hybridized carbons (Fsp3) is 0.545. The minimum atomic E-state index is -5.21. The van der Waals surface area contributed by atoms with Crippen LogP contribution in [0.15, 0.2) is 11.1 Å². The summed E-state index contributed by atoms with van der Waals surface area (Å²) in [6.07, 6.45) is -3.21. The number of hydrogen-bond acceptors (Lipinski definition) is 11. The maximum atomic E-state index is 11.9. The average Bonchev–Trinajstić information content (AvgIpc) is 3.04. The number of anilines is 1. The van der Waals surface area contributed by atoms with Gasteiger partial charge in [0.1, 0.15) is 17.8 Å². The van der Waals surface area contributed by atoms with Crippen LogP contribution >= 0.6 is 15.6 Å². The third-order valence-corrected chi connectivity index (χ3v) is 6.37. The normalized spacial score (nSPS) is 29.9. The third kappa shape index (κ3) is 4.41. The van der Waals surface area contributed by atoms with Crippen LogP contribution in [0, 0.1) is 0 Å². The molecule has 0 aromatic carbocycles. The highest BCUT2D eigenvalue weighted by Gasteiger charge is 2.54. The minimum Gasteiger partial charge on any atom is -0.387 e. The summed E-state index contributed by atoms with van der Waals surface area (Å²) in [5.41, 5.74) is 7.83. The number of fused-ring (bicyclic) bond motifs is 1. The second-order valence-electron chi connectivity index (χ2n) is 6.38. The minimum absolute atomic E-state index is 0.0420. The fourth-order valence-corrected chi connectivity index (χ4v) is 4.57. The van der Waals surface area contributed by atoms with E-state index in [4.69, 9.17) is 25.8 Å². The molecule has 0 bridgehead atoms. The summed E-state index contributed by atoms with van der Waals surface area (Å²) in [6, 6.07) is 0. The molecule has 1 aliphatic heterocycles. The number of nitrogen functional groups attached to an aromatic ring is 1. The molecule has 1 aliphatic rings. The molecule has 0 spiro atoms. The number of imidazole rings is 1. The number of nitrogens with two attached hydrogens (primary N) is 2. The van der Waals surface area contributed by atoms with E-state index >= 15 is 0 Å². The van der Waals surface area contributed by atoms with Gasteiger partial charge in [0, 0.05) is 0 Å². The lowest BCUT2D eigenvalue weighted by Gasteiger charge is -2.27. The third-order valence-electron chi connectivity index (χ3n) is 4.10. The van der Waals surface area contributed by atoms with Crippen LogP contribution in [-0.2, 0) is 22.7 Å². The molecular formula is C11H18N6O10P2. The molecule has 2 aromatic heterocycles. The first kappa shape index (κ1) is 22.0. The number of nitrogens with zero attached hydrogens (tertiary/aromatic N) is 3. The van der Waals surface area contributed by atoms with Crippen molar-refractivity contribution in [3.63, 3.8) is 0 Å². The highest BCUT2D eigenvalue weighted by atomic mass is 31.3. The molecule has 16 nitrogen and oxygen atoms in total. The topological polar surface area (TPSA) is 258 Å². The molecule has 2 aromatic rings. The second-order valence-corrected chi connectivity index (χ2v) is 9.35. The zero-order valence-corrected chi connectivity index (χ0v) is 16.4. The molecule has 0 amide bonds. The van der Waals surface area contributed by atoms with E-state index in [0.717, 1.165) is 10.9 Å². The van der Waals surface area contributed by atoms with Gasteiger partial charge in [-0.1, -0.05) is 0 Å². The monoisotopic (exact) mass is 456 g/mol. The molecule has 18 heteroatoms. The van der Waals surface area contributed by atoms with Crippen molar-refractivity contribution in [1.29, 1.82) is 0 Å². The van der Waals surface area contributed by atoms with Crippen LogP contribution in [0.3, 0.4) is 0 Å². The van der Waals surface area contributed by atoms with Crippen LogP contribution in [0.25, 0.3) is 11.2 Å². The van der Waals surface area contributed by atoms with Crippen molar-refractivity contribution in [2.45, 2.75) is 31.0 Å². The van der Waals surface area contributed by atoms with Crippen molar-refractivity contribution in [3.05, 3.63) is 16.7 Å². The Labute approximate surface area is 161 Å². The van der Waals surface area contributed by atoms with E-state index in [1.54, 1.807) is 0 Å². The van der Waals surface area contributed by atoms with Crippen LogP contribution in [0.2, 0.25) is 0 Å².